The van der Waals surface area contributed by atoms with E-state index in [0.717, 1.165) is 21.7 Å². The maximum Gasteiger partial charge on any atom is 0.175 e. The van der Waals surface area contributed by atoms with Gasteiger partial charge in [0.05, 0.1) is 5.69 Å². The maximum atomic E-state index is 11.4. The molecule has 4 heteroatoms. The van der Waals surface area contributed by atoms with Crippen molar-refractivity contribution in [1.29, 1.82) is 0 Å². The van der Waals surface area contributed by atoms with Crippen LogP contribution < -0.4 is 0 Å². The van der Waals surface area contributed by atoms with Crippen LogP contribution in [0.15, 0.2) is 35.7 Å². The molecule has 96 valence electrons. The number of hydrogen-bond acceptors (Lipinski definition) is 2. The van der Waals surface area contributed by atoms with Crippen LogP contribution in [-0.2, 0) is 6.42 Å². The van der Waals surface area contributed by atoms with Gasteiger partial charge in [-0.25, -0.2) is 0 Å². The Morgan fingerprint density at radius 1 is 1.32 bits per heavy atom. The van der Waals surface area contributed by atoms with E-state index in [1.165, 1.54) is 11.1 Å². The standard InChI is InChI=1S/C15H12ClNOS/c1-9(18)14-7-13-11(8-19-15(13)17-14)6-10-2-4-12(16)5-3-10/h2-5,7-8,17H,6H2,1H3. The van der Waals surface area contributed by atoms with Gasteiger partial charge < -0.3 is 4.98 Å². The number of nitrogens with one attached hydrogen (secondary N) is 1. The van der Waals surface area contributed by atoms with Crippen LogP contribution >= 0.6 is 22.9 Å². The lowest BCUT2D eigenvalue weighted by molar-refractivity contribution is 0.101. The van der Waals surface area contributed by atoms with Gasteiger partial charge in [-0.05, 0) is 41.1 Å². The molecule has 0 aliphatic rings. The summed E-state index contributed by atoms with van der Waals surface area (Å²) in [7, 11) is 0. The highest BCUT2D eigenvalue weighted by molar-refractivity contribution is 7.17. The minimum absolute atomic E-state index is 0.0702. The first-order valence-corrected chi connectivity index (χ1v) is 7.24. The Morgan fingerprint density at radius 2 is 2.05 bits per heavy atom. The average molecular weight is 290 g/mol. The van der Waals surface area contributed by atoms with Crippen molar-refractivity contribution >= 4 is 38.9 Å². The first kappa shape index (κ1) is 12.5. The van der Waals surface area contributed by atoms with Crippen LogP contribution in [0, 0.1) is 0 Å². The summed E-state index contributed by atoms with van der Waals surface area (Å²) in [5, 5.41) is 4.03. The molecule has 0 atom stereocenters. The van der Waals surface area contributed by atoms with Gasteiger partial charge in [0.25, 0.3) is 0 Å². The van der Waals surface area contributed by atoms with Gasteiger partial charge in [0.15, 0.2) is 5.78 Å². The van der Waals surface area contributed by atoms with Crippen molar-refractivity contribution in [3.63, 3.8) is 0 Å². The third-order valence-electron chi connectivity index (χ3n) is 3.13. The summed E-state index contributed by atoms with van der Waals surface area (Å²) in [6.45, 7) is 1.58. The molecule has 1 N–H and O–H groups in total. The lowest BCUT2D eigenvalue weighted by Gasteiger charge is -1.99. The van der Waals surface area contributed by atoms with Crippen molar-refractivity contribution in [3.05, 3.63) is 57.6 Å². The van der Waals surface area contributed by atoms with Crippen LogP contribution in [0.3, 0.4) is 0 Å². The molecular formula is C15H12ClNOS. The molecular weight excluding hydrogens is 278 g/mol. The summed E-state index contributed by atoms with van der Waals surface area (Å²) in [5.41, 5.74) is 3.14. The van der Waals surface area contributed by atoms with E-state index < -0.39 is 0 Å². The zero-order valence-electron chi connectivity index (χ0n) is 10.4. The SMILES string of the molecule is CC(=O)c1cc2c(Cc3ccc(Cl)cc3)csc2[nH]1. The first-order chi connectivity index (χ1) is 9.13. The third-order valence-corrected chi connectivity index (χ3v) is 4.35. The Balaban J connectivity index is 1.96. The number of carbonyl (C=O) groups is 1. The van der Waals surface area contributed by atoms with Crippen molar-refractivity contribution in [1.82, 2.24) is 4.98 Å². The normalized spacial score (nSPS) is 11.1. The smallest absolute Gasteiger partial charge is 0.175 e. The highest BCUT2D eigenvalue weighted by atomic mass is 35.5. The van der Waals surface area contributed by atoms with Gasteiger partial charge in [-0.15, -0.1) is 11.3 Å². The Labute approximate surface area is 120 Å². The van der Waals surface area contributed by atoms with Crippen LogP contribution in [0.5, 0.6) is 0 Å². The second-order valence-corrected chi connectivity index (χ2v) is 5.86. The fourth-order valence-corrected chi connectivity index (χ4v) is 3.19. The van der Waals surface area contributed by atoms with Crippen LogP contribution in [0.25, 0.3) is 10.2 Å². The van der Waals surface area contributed by atoms with Crippen LogP contribution in [0.2, 0.25) is 5.02 Å². The summed E-state index contributed by atoms with van der Waals surface area (Å²) in [4.78, 5) is 15.6. The second kappa shape index (κ2) is 4.83. The molecule has 2 nitrogen and oxygen atoms in total. The van der Waals surface area contributed by atoms with E-state index in [1.807, 2.05) is 30.3 Å². The quantitative estimate of drug-likeness (QED) is 0.698. The van der Waals surface area contributed by atoms with Crippen LogP contribution in [0.1, 0.15) is 28.5 Å². The van der Waals surface area contributed by atoms with E-state index in [0.29, 0.717) is 5.69 Å². The summed E-state index contributed by atoms with van der Waals surface area (Å²) in [6, 6.07) is 9.81. The Bertz CT molecular complexity index is 739. The van der Waals surface area contributed by atoms with E-state index in [-0.39, 0.29) is 5.78 Å². The summed E-state index contributed by atoms with van der Waals surface area (Å²) in [6.07, 6.45) is 0.854. The monoisotopic (exact) mass is 289 g/mol. The van der Waals surface area contributed by atoms with Gasteiger partial charge in [0.1, 0.15) is 4.83 Å². The fourth-order valence-electron chi connectivity index (χ4n) is 2.11. The number of Topliss-reactive ketones (excluding diaryl/α,β-unsaturated/α-hetero) is 1. The number of aromatic amines is 1. The second-order valence-electron chi connectivity index (χ2n) is 4.55. The van der Waals surface area contributed by atoms with Gasteiger partial charge in [-0.2, -0.15) is 0 Å². The number of halogens is 1. The van der Waals surface area contributed by atoms with Crippen LogP contribution in [0.4, 0.5) is 0 Å². The molecule has 0 spiro atoms. The maximum absolute atomic E-state index is 11.4. The largest absolute Gasteiger partial charge is 0.344 e. The number of rotatable bonds is 3. The molecule has 0 aliphatic carbocycles. The van der Waals surface area contributed by atoms with Gasteiger partial charge in [0, 0.05) is 17.3 Å². The summed E-state index contributed by atoms with van der Waals surface area (Å²) >= 11 is 7.53. The van der Waals surface area contributed by atoms with Crippen molar-refractivity contribution in [2.45, 2.75) is 13.3 Å². The highest BCUT2D eigenvalue weighted by Crippen LogP contribution is 2.28. The average Bonchev–Trinajstić information content (AvgIpc) is 2.94. The molecule has 2 heterocycles. The molecule has 0 saturated carbocycles. The van der Waals surface area contributed by atoms with E-state index in [9.17, 15) is 4.79 Å². The minimum atomic E-state index is 0.0702. The minimum Gasteiger partial charge on any atom is -0.344 e. The molecule has 0 radical (unpaired) electrons. The van der Waals surface area contributed by atoms with Gasteiger partial charge >= 0.3 is 0 Å². The zero-order valence-corrected chi connectivity index (χ0v) is 11.9. The van der Waals surface area contributed by atoms with Crippen molar-refractivity contribution in [3.8, 4) is 0 Å². The first-order valence-electron chi connectivity index (χ1n) is 5.98. The van der Waals surface area contributed by atoms with E-state index in [4.69, 9.17) is 11.6 Å². The molecule has 2 aromatic heterocycles. The Hall–Kier alpha value is -1.58. The molecule has 3 rings (SSSR count). The topological polar surface area (TPSA) is 32.9 Å². The highest BCUT2D eigenvalue weighted by Gasteiger charge is 2.10. The number of fused-ring (bicyclic) bond motifs is 1. The van der Waals surface area contributed by atoms with Gasteiger partial charge in [0.2, 0.25) is 0 Å². The molecule has 1 aromatic carbocycles. The van der Waals surface area contributed by atoms with Crippen LogP contribution in [-0.4, -0.2) is 10.8 Å². The number of aromatic nitrogens is 1. The Morgan fingerprint density at radius 3 is 2.74 bits per heavy atom. The number of H-pyrrole nitrogens is 1. The fraction of sp³-hybridized carbons (Fsp3) is 0.133. The lowest BCUT2D eigenvalue weighted by Crippen LogP contribution is -1.90. The van der Waals surface area contributed by atoms with Gasteiger partial charge in [-0.1, -0.05) is 23.7 Å². The molecule has 0 saturated heterocycles. The number of benzene rings is 1. The number of carbonyl (C=O) groups excluding carboxylic acids is 1. The zero-order chi connectivity index (χ0) is 13.4. The third kappa shape index (κ3) is 2.44. The van der Waals surface area contributed by atoms with E-state index >= 15 is 0 Å². The van der Waals surface area contributed by atoms with Crippen molar-refractivity contribution in [2.75, 3.05) is 0 Å². The Kier molecular flexibility index (Phi) is 3.17. The lowest BCUT2D eigenvalue weighted by atomic mass is 10.1. The molecule has 3 aromatic rings. The molecule has 0 bridgehead atoms. The van der Waals surface area contributed by atoms with Crippen molar-refractivity contribution < 1.29 is 4.79 Å². The number of hydrogen-bond donors (Lipinski definition) is 1. The summed E-state index contributed by atoms with van der Waals surface area (Å²) < 4.78 is 0. The van der Waals surface area contributed by atoms with Crippen molar-refractivity contribution in [2.24, 2.45) is 0 Å². The van der Waals surface area contributed by atoms with E-state index in [2.05, 4.69) is 10.4 Å². The molecule has 0 aliphatic heterocycles. The molecule has 19 heavy (non-hydrogen) atoms. The summed E-state index contributed by atoms with van der Waals surface area (Å²) in [5.74, 6) is 0.0702. The number of thiophene rings is 1. The number of ketones is 1. The predicted octanol–water partition coefficient (Wildman–Crippen LogP) is 4.68. The molecule has 0 amide bonds. The van der Waals surface area contributed by atoms with Gasteiger partial charge in [-0.3, -0.25) is 4.79 Å². The molecule has 0 fully saturated rings. The molecule has 0 unspecified atom stereocenters. The van der Waals surface area contributed by atoms with E-state index in [1.54, 1.807) is 18.3 Å². The predicted molar refractivity (Wildman–Crippen MR) is 80.4 cm³/mol.